The van der Waals surface area contributed by atoms with Gasteiger partial charge in [0.05, 0.1) is 0 Å². The normalized spacial score (nSPS) is 15.3. The standard InChI is InChI=1S/C9H16.C8H15N.2B6.2B5.2B4.B3.2B2.2B.2Y/c1-8-6-4-3-5-7-9(8)2;1-7-4-3-5-9-6-8(7)2;2*1-5(2)6(3)4;2*1-4-5(2)3;2*1-4(2)3;1-3-2;2*1-2;;;;/h8-9H,1-7H2;7-9H,1-6H2;;;;;;;;;;;;;/q2*-2;;;;;;;;;;;;;. The summed E-state index contributed by atoms with van der Waals surface area (Å²) in [5.41, 5.74) is 0. The Labute approximate surface area is 465 Å². The predicted octanol–water partition coefficient (Wildman–Crippen LogP) is -10.7. The molecule has 1 aliphatic heterocycles. The SMILES string of the molecule is [B].[B].[B]B([B])B([B])[B].[B]B([B])B([B])[B].[B]B([B])[B].[B]B([B])[B].[B][B].[B][B].[B][B]B([B])[B].[B][B]B([B])[B].[B][B][B].[CH2-]C1CCCCCC1[CH2-].[CH2-]C1CCCNCC1[CH2-].[Y].[Y]. The average Bonchev–Trinajstić information content (AvgIpc) is 3.41. The number of nitrogens with one attached hydrogen (secondary N) is 1. The van der Waals surface area contributed by atoms with Crippen LogP contribution in [0.25, 0.3) is 0 Å². The van der Waals surface area contributed by atoms with Crippen LogP contribution in [0, 0.1) is 51.4 Å². The molecular formula is C17H31B39NY2-4. The Morgan fingerprint density at radius 3 is 0.780 bits per heavy atom. The molecule has 1 N–H and O–H groups in total. The van der Waals surface area contributed by atoms with Crippen LogP contribution in [-0.2, 0) is 65.4 Å². The monoisotopic (exact) mass is 856 g/mol. The second-order valence-corrected chi connectivity index (χ2v) is 11.2. The van der Waals surface area contributed by atoms with Gasteiger partial charge in [0, 0.05) is 356 Å². The quantitative estimate of drug-likeness (QED) is 0.169. The maximum absolute atomic E-state index is 4.96. The summed E-state index contributed by atoms with van der Waals surface area (Å²) < 4.78 is 0. The Bertz CT molecular complexity index is 518. The third-order valence-electron chi connectivity index (χ3n) is 5.65. The van der Waals surface area contributed by atoms with E-state index in [-0.39, 0.29) is 82.2 Å². The molecule has 2 rings (SSSR count). The third-order valence-corrected chi connectivity index (χ3v) is 5.65. The van der Waals surface area contributed by atoms with Gasteiger partial charge in [-0.25, -0.2) is 0 Å². The van der Waals surface area contributed by atoms with Crippen LogP contribution < -0.4 is 5.32 Å². The van der Waals surface area contributed by atoms with Crippen LogP contribution >= 0.6 is 0 Å². The van der Waals surface area contributed by atoms with Gasteiger partial charge in [-0.2, -0.15) is 23.7 Å². The van der Waals surface area contributed by atoms with Gasteiger partial charge in [0.15, 0.2) is 0 Å². The molecule has 0 bridgehead atoms. The van der Waals surface area contributed by atoms with E-state index < -0.39 is 51.1 Å². The first-order valence-electron chi connectivity index (χ1n) is 17.0. The topological polar surface area (TPSA) is 12.0 Å². The molecule has 59 heavy (non-hydrogen) atoms. The van der Waals surface area contributed by atoms with E-state index in [1.807, 2.05) is 0 Å². The van der Waals surface area contributed by atoms with Crippen molar-refractivity contribution in [3.63, 3.8) is 0 Å². The summed E-state index contributed by atoms with van der Waals surface area (Å²) in [7, 11) is 125. The molecule has 2 fully saturated rings. The number of hydrogen-bond donors (Lipinski definition) is 1. The smallest absolute Gasteiger partial charge is 0 e. The fourth-order valence-electron chi connectivity index (χ4n) is 2.64. The first-order chi connectivity index (χ1) is 25.3. The van der Waals surface area contributed by atoms with Crippen molar-refractivity contribution in [1.82, 2.24) is 5.32 Å². The molecule has 231 valence electrons. The Kier molecular flexibility index (Phi) is 137. The van der Waals surface area contributed by atoms with Crippen molar-refractivity contribution in [2.24, 2.45) is 23.7 Å². The zero-order valence-corrected chi connectivity index (χ0v) is 41.3. The van der Waals surface area contributed by atoms with E-state index in [9.17, 15) is 0 Å². The molecule has 0 aromatic carbocycles. The van der Waals surface area contributed by atoms with E-state index in [1.54, 1.807) is 0 Å². The van der Waals surface area contributed by atoms with Gasteiger partial charge < -0.3 is 33.0 Å². The van der Waals surface area contributed by atoms with Crippen molar-refractivity contribution in [1.29, 1.82) is 0 Å². The second kappa shape index (κ2) is 82.8. The molecule has 1 saturated heterocycles. The minimum Gasteiger partial charge on any atom is -0.342 e. The summed E-state index contributed by atoms with van der Waals surface area (Å²) in [6.45, 7) is 18.4. The van der Waals surface area contributed by atoms with E-state index in [4.69, 9.17) is 108 Å². The number of hydrogen-bond acceptors (Lipinski definition) is 1. The second-order valence-electron chi connectivity index (χ2n) is 11.2. The predicted molar refractivity (Wildman–Crippen MR) is 305 cm³/mol. The van der Waals surface area contributed by atoms with Gasteiger partial charge in [-0.15, -0.1) is 0 Å². The van der Waals surface area contributed by atoms with Gasteiger partial charge in [-0.3, -0.25) is 0 Å². The molecule has 0 aromatic rings. The summed E-state index contributed by atoms with van der Waals surface area (Å²) in [6.07, 6.45) is 4.62. The Hall–Kier alpha value is 4.70. The molecule has 0 amide bonds. The molecule has 1 aliphatic carbocycles. The van der Waals surface area contributed by atoms with Crippen molar-refractivity contribution in [3.8, 4) is 0 Å². The molecular weight excluding hydrogens is 818 g/mol. The van der Waals surface area contributed by atoms with Gasteiger partial charge in [0.1, 0.15) is 0 Å². The van der Waals surface area contributed by atoms with E-state index >= 15 is 0 Å². The summed E-state index contributed by atoms with van der Waals surface area (Å²) in [6, 6.07) is 0. The van der Waals surface area contributed by atoms with Crippen LogP contribution in [0.2, 0.25) is 0 Å². The van der Waals surface area contributed by atoms with E-state index in [1.165, 1.54) is 59.1 Å². The molecule has 4 unspecified atom stereocenters. The zero-order chi connectivity index (χ0) is 46.1. The van der Waals surface area contributed by atoms with Crippen molar-refractivity contribution in [2.75, 3.05) is 13.1 Å². The minimum absolute atomic E-state index is 0. The molecule has 63 radical (unpaired) electrons. The van der Waals surface area contributed by atoms with Gasteiger partial charge in [-0.05, 0) is 19.5 Å². The fourth-order valence-corrected chi connectivity index (χ4v) is 2.64. The van der Waals surface area contributed by atoms with Crippen molar-refractivity contribution in [3.05, 3.63) is 27.7 Å². The Morgan fingerprint density at radius 2 is 0.593 bits per heavy atom. The van der Waals surface area contributed by atoms with E-state index in [0.29, 0.717) is 23.7 Å². The maximum atomic E-state index is 4.96. The van der Waals surface area contributed by atoms with Gasteiger partial charge in [0.25, 0.3) is 0 Å². The Morgan fingerprint density at radius 1 is 0.407 bits per heavy atom. The molecule has 1 heterocycles. The Balaban J connectivity index is -0.0000000367. The van der Waals surface area contributed by atoms with Crippen molar-refractivity contribution in [2.45, 2.75) is 44.9 Å². The van der Waals surface area contributed by atoms with Crippen LogP contribution in [0.3, 0.4) is 0 Å². The summed E-state index contributed by atoms with van der Waals surface area (Å²) in [5, 5.41) is 3.32. The minimum atomic E-state index is -0.667. The molecule has 0 aromatic heterocycles. The van der Waals surface area contributed by atoms with Crippen LogP contribution in [-0.4, -0.2) is 303 Å². The zero-order valence-electron chi connectivity index (χ0n) is 35.7. The van der Waals surface area contributed by atoms with Gasteiger partial charge >= 0.3 is 0 Å². The van der Waals surface area contributed by atoms with Crippen LogP contribution in [0.1, 0.15) is 44.9 Å². The largest absolute Gasteiger partial charge is 0.342 e. The third kappa shape index (κ3) is 139. The molecule has 4 atom stereocenters. The first kappa shape index (κ1) is 97.4. The average molecular weight is 849 g/mol. The first-order valence-corrected chi connectivity index (χ1v) is 17.0. The number of rotatable bonds is 4. The van der Waals surface area contributed by atoms with E-state index in [2.05, 4.69) is 126 Å². The maximum Gasteiger partial charge on any atom is 0 e. The van der Waals surface area contributed by atoms with E-state index in [0.717, 1.165) is 20.2 Å². The fraction of sp³-hybridized carbons (Fsp3) is 0.765. The van der Waals surface area contributed by atoms with Crippen LogP contribution in [0.5, 0.6) is 0 Å². The molecule has 42 heteroatoms. The van der Waals surface area contributed by atoms with Gasteiger partial charge in [0.2, 0.25) is 0 Å². The molecule has 1 saturated carbocycles. The summed E-state index contributed by atoms with van der Waals surface area (Å²) >= 11 is 0. The van der Waals surface area contributed by atoms with Crippen LogP contribution in [0.15, 0.2) is 0 Å². The summed E-state index contributed by atoms with van der Waals surface area (Å²) in [5.74, 6) is 2.35. The molecule has 2 aliphatic rings. The van der Waals surface area contributed by atoms with Gasteiger partial charge in [-0.1, -0.05) is 38.5 Å². The summed E-state index contributed by atoms with van der Waals surface area (Å²) in [4.78, 5) is 0. The molecule has 0 spiro atoms. The molecule has 1 nitrogen and oxygen atoms in total. The van der Waals surface area contributed by atoms with Crippen molar-refractivity contribution < 1.29 is 65.4 Å². The van der Waals surface area contributed by atoms with Crippen LogP contribution in [0.4, 0.5) is 0 Å². The van der Waals surface area contributed by atoms with Crippen molar-refractivity contribution >= 4 is 290 Å².